The number of ether oxygens (including phenoxy) is 1. The molecule has 1 N–H and O–H groups in total. The van der Waals surface area contributed by atoms with Crippen molar-refractivity contribution >= 4 is 11.6 Å². The molecule has 1 unspecified atom stereocenters. The van der Waals surface area contributed by atoms with E-state index in [0.29, 0.717) is 5.92 Å². The van der Waals surface area contributed by atoms with Crippen molar-refractivity contribution in [3.05, 3.63) is 34.9 Å². The third kappa shape index (κ3) is 6.95. The topological polar surface area (TPSA) is 21.3 Å². The average molecular weight is 284 g/mol. The van der Waals surface area contributed by atoms with Crippen molar-refractivity contribution in [1.29, 1.82) is 0 Å². The van der Waals surface area contributed by atoms with Gasteiger partial charge in [0.15, 0.2) is 0 Å². The van der Waals surface area contributed by atoms with Crippen LogP contribution in [0.5, 0.6) is 0 Å². The fourth-order valence-electron chi connectivity index (χ4n) is 2.13. The summed E-state index contributed by atoms with van der Waals surface area (Å²) >= 11 is 6.09. The van der Waals surface area contributed by atoms with Gasteiger partial charge in [0.25, 0.3) is 0 Å². The second kappa shape index (κ2) is 9.35. The third-order valence-electron chi connectivity index (χ3n) is 3.29. The highest BCUT2D eigenvalue weighted by molar-refractivity contribution is 6.30. The van der Waals surface area contributed by atoms with E-state index in [-0.39, 0.29) is 0 Å². The zero-order valence-corrected chi connectivity index (χ0v) is 13.0. The van der Waals surface area contributed by atoms with E-state index in [0.717, 1.165) is 30.6 Å². The lowest BCUT2D eigenvalue weighted by Crippen LogP contribution is -2.25. The summed E-state index contributed by atoms with van der Waals surface area (Å²) < 4.78 is 5.06. The van der Waals surface area contributed by atoms with Crippen LogP contribution in [0.15, 0.2) is 24.3 Å². The number of hydrogen-bond donors (Lipinski definition) is 1. The van der Waals surface area contributed by atoms with Crippen LogP contribution in [0.25, 0.3) is 0 Å². The predicted molar refractivity (Wildman–Crippen MR) is 83.0 cm³/mol. The van der Waals surface area contributed by atoms with Gasteiger partial charge in [-0.1, -0.05) is 44.0 Å². The highest BCUT2D eigenvalue weighted by Crippen LogP contribution is 2.25. The molecule has 0 radical (unpaired) electrons. The van der Waals surface area contributed by atoms with E-state index in [1.54, 1.807) is 7.11 Å². The van der Waals surface area contributed by atoms with Crippen LogP contribution < -0.4 is 5.32 Å². The Morgan fingerprint density at radius 2 is 2.05 bits per heavy atom. The molecule has 0 aliphatic carbocycles. The zero-order chi connectivity index (χ0) is 14.1. The third-order valence-corrected chi connectivity index (χ3v) is 3.52. The van der Waals surface area contributed by atoms with Gasteiger partial charge >= 0.3 is 0 Å². The summed E-state index contributed by atoms with van der Waals surface area (Å²) in [5, 5.41) is 4.28. The Labute approximate surface area is 122 Å². The Balaban J connectivity index is 2.57. The van der Waals surface area contributed by atoms with Crippen molar-refractivity contribution in [3.63, 3.8) is 0 Å². The summed E-state index contributed by atoms with van der Waals surface area (Å²) in [7, 11) is 1.73. The molecule has 0 fully saturated rings. The predicted octanol–water partition coefficient (Wildman–Crippen LogP) is 4.10. The summed E-state index contributed by atoms with van der Waals surface area (Å²) in [5.41, 5.74) is 1.33. The lowest BCUT2D eigenvalue weighted by Gasteiger charge is -2.19. The number of rotatable bonds is 9. The molecule has 0 aromatic heterocycles. The van der Waals surface area contributed by atoms with Crippen molar-refractivity contribution in [2.75, 3.05) is 26.8 Å². The molecule has 0 amide bonds. The van der Waals surface area contributed by atoms with Crippen molar-refractivity contribution in [1.82, 2.24) is 5.32 Å². The largest absolute Gasteiger partial charge is 0.383 e. The number of nitrogens with one attached hydrogen (secondary N) is 1. The van der Waals surface area contributed by atoms with E-state index in [4.69, 9.17) is 16.3 Å². The Hall–Kier alpha value is -0.570. The number of halogens is 1. The molecule has 0 saturated carbocycles. The second-order valence-electron chi connectivity index (χ2n) is 5.42. The lowest BCUT2D eigenvalue weighted by molar-refractivity contribution is 0.198. The SMILES string of the molecule is COCCNCC(CCC(C)C)c1cccc(Cl)c1. The van der Waals surface area contributed by atoms with Gasteiger partial charge in [0.2, 0.25) is 0 Å². The Kier molecular flexibility index (Phi) is 8.11. The van der Waals surface area contributed by atoms with Crippen LogP contribution in [0.4, 0.5) is 0 Å². The molecule has 1 aromatic rings. The van der Waals surface area contributed by atoms with Crippen LogP contribution in [0.1, 0.15) is 38.2 Å². The summed E-state index contributed by atoms with van der Waals surface area (Å²) in [5.74, 6) is 1.26. The van der Waals surface area contributed by atoms with Gasteiger partial charge in [-0.3, -0.25) is 0 Å². The molecule has 108 valence electrons. The lowest BCUT2D eigenvalue weighted by atomic mass is 9.91. The molecule has 0 aliphatic heterocycles. The zero-order valence-electron chi connectivity index (χ0n) is 12.3. The van der Waals surface area contributed by atoms with Crippen molar-refractivity contribution in [2.45, 2.75) is 32.6 Å². The fraction of sp³-hybridized carbons (Fsp3) is 0.625. The van der Waals surface area contributed by atoms with Crippen LogP contribution in [-0.2, 0) is 4.74 Å². The molecule has 0 aliphatic rings. The minimum atomic E-state index is 0.526. The molecular weight excluding hydrogens is 258 g/mol. The summed E-state index contributed by atoms with van der Waals surface area (Å²) in [6.07, 6.45) is 2.43. The molecule has 1 atom stereocenters. The van der Waals surface area contributed by atoms with Gasteiger partial charge in [0.05, 0.1) is 6.61 Å². The minimum Gasteiger partial charge on any atom is -0.383 e. The van der Waals surface area contributed by atoms with Gasteiger partial charge in [-0.25, -0.2) is 0 Å². The summed E-state index contributed by atoms with van der Waals surface area (Å²) in [4.78, 5) is 0. The van der Waals surface area contributed by atoms with Crippen LogP contribution >= 0.6 is 11.6 Å². The van der Waals surface area contributed by atoms with Crippen molar-refractivity contribution in [2.24, 2.45) is 5.92 Å². The smallest absolute Gasteiger partial charge is 0.0587 e. The first kappa shape index (κ1) is 16.5. The molecule has 0 bridgehead atoms. The number of methoxy groups -OCH3 is 1. The quantitative estimate of drug-likeness (QED) is 0.689. The monoisotopic (exact) mass is 283 g/mol. The maximum Gasteiger partial charge on any atom is 0.0587 e. The van der Waals surface area contributed by atoms with Gasteiger partial charge in [-0.05, 0) is 36.0 Å². The Morgan fingerprint density at radius 3 is 2.68 bits per heavy atom. The minimum absolute atomic E-state index is 0.526. The van der Waals surface area contributed by atoms with Gasteiger partial charge in [-0.2, -0.15) is 0 Å². The fourth-order valence-corrected chi connectivity index (χ4v) is 2.33. The highest BCUT2D eigenvalue weighted by Gasteiger charge is 2.12. The van der Waals surface area contributed by atoms with Crippen molar-refractivity contribution in [3.8, 4) is 0 Å². The Bertz CT molecular complexity index is 354. The first-order chi connectivity index (χ1) is 9.13. The van der Waals surface area contributed by atoms with E-state index in [9.17, 15) is 0 Å². The van der Waals surface area contributed by atoms with Crippen molar-refractivity contribution < 1.29 is 4.74 Å². The van der Waals surface area contributed by atoms with E-state index in [2.05, 4.69) is 31.3 Å². The van der Waals surface area contributed by atoms with Crippen LogP contribution in [0, 0.1) is 5.92 Å². The molecule has 0 saturated heterocycles. The Morgan fingerprint density at radius 1 is 1.26 bits per heavy atom. The summed E-state index contributed by atoms with van der Waals surface area (Å²) in [6, 6.07) is 8.23. The first-order valence-electron chi connectivity index (χ1n) is 7.08. The first-order valence-corrected chi connectivity index (χ1v) is 7.46. The number of hydrogen-bond acceptors (Lipinski definition) is 2. The van der Waals surface area contributed by atoms with E-state index in [1.165, 1.54) is 18.4 Å². The molecule has 0 spiro atoms. The summed E-state index contributed by atoms with van der Waals surface area (Å²) in [6.45, 7) is 7.18. The standard InChI is InChI=1S/C16H26ClNO/c1-13(2)7-8-15(12-18-9-10-19-3)14-5-4-6-16(17)11-14/h4-6,11,13,15,18H,7-10,12H2,1-3H3. The molecular formula is C16H26ClNO. The maximum atomic E-state index is 6.09. The maximum absolute atomic E-state index is 6.09. The van der Waals surface area contributed by atoms with Crippen LogP contribution in [0.3, 0.4) is 0 Å². The van der Waals surface area contributed by atoms with Gasteiger partial charge in [0, 0.05) is 25.2 Å². The average Bonchev–Trinajstić information content (AvgIpc) is 2.37. The highest BCUT2D eigenvalue weighted by atomic mass is 35.5. The molecule has 1 rings (SSSR count). The van der Waals surface area contributed by atoms with Gasteiger partial charge < -0.3 is 10.1 Å². The van der Waals surface area contributed by atoms with E-state index < -0.39 is 0 Å². The molecule has 0 heterocycles. The normalized spacial score (nSPS) is 12.9. The van der Waals surface area contributed by atoms with Gasteiger partial charge in [-0.15, -0.1) is 0 Å². The molecule has 19 heavy (non-hydrogen) atoms. The molecule has 2 nitrogen and oxygen atoms in total. The molecule has 1 aromatic carbocycles. The van der Waals surface area contributed by atoms with Gasteiger partial charge in [0.1, 0.15) is 0 Å². The number of benzene rings is 1. The van der Waals surface area contributed by atoms with E-state index in [1.807, 2.05) is 12.1 Å². The van der Waals surface area contributed by atoms with Crippen LogP contribution in [-0.4, -0.2) is 26.8 Å². The van der Waals surface area contributed by atoms with E-state index >= 15 is 0 Å². The second-order valence-corrected chi connectivity index (χ2v) is 5.86. The molecule has 3 heteroatoms. The van der Waals surface area contributed by atoms with Crippen LogP contribution in [0.2, 0.25) is 5.02 Å².